The standard InChI is InChI=1S/C30H45N5O6S/c1-22(2)34-20-26-19-25(9-11-27(26)40-18-7-5-6-13-31-28(36)21-34)10-12-29(37)33-14-8-15-35(17-16-33)42(38,39)30-23(3)32-41-24(30)4/h9,11,19,22H,5-8,10,12-18,20-21H2,1-4H3,(H,31,36). The quantitative estimate of drug-likeness (QED) is 0.534. The van der Waals surface area contributed by atoms with E-state index in [9.17, 15) is 18.0 Å². The van der Waals surface area contributed by atoms with Gasteiger partial charge in [-0.25, -0.2) is 8.42 Å². The van der Waals surface area contributed by atoms with Gasteiger partial charge in [0, 0.05) is 57.3 Å². The van der Waals surface area contributed by atoms with E-state index in [1.165, 1.54) is 4.31 Å². The monoisotopic (exact) mass is 603 g/mol. The molecule has 1 N–H and O–H groups in total. The second-order valence-corrected chi connectivity index (χ2v) is 13.4. The van der Waals surface area contributed by atoms with Crippen LogP contribution in [0.15, 0.2) is 27.6 Å². The fraction of sp³-hybridized carbons (Fsp3) is 0.633. The number of carbonyl (C=O) groups is 2. The summed E-state index contributed by atoms with van der Waals surface area (Å²) in [7, 11) is -3.75. The Hall–Kier alpha value is -2.96. The predicted molar refractivity (Wildman–Crippen MR) is 159 cm³/mol. The van der Waals surface area contributed by atoms with Crippen molar-refractivity contribution < 1.29 is 27.3 Å². The van der Waals surface area contributed by atoms with Crippen LogP contribution in [0.25, 0.3) is 0 Å². The molecule has 42 heavy (non-hydrogen) atoms. The number of rotatable bonds is 6. The molecule has 1 saturated heterocycles. The number of hydrogen-bond donors (Lipinski definition) is 1. The summed E-state index contributed by atoms with van der Waals surface area (Å²) in [6.07, 6.45) is 4.29. The van der Waals surface area contributed by atoms with Crippen LogP contribution in [0.3, 0.4) is 0 Å². The molecular formula is C30H45N5O6S. The number of ether oxygens (including phenoxy) is 1. The van der Waals surface area contributed by atoms with E-state index in [1.807, 2.05) is 12.1 Å². The lowest BCUT2D eigenvalue weighted by Gasteiger charge is -2.27. The van der Waals surface area contributed by atoms with E-state index in [4.69, 9.17) is 9.26 Å². The number of hydrogen-bond acceptors (Lipinski definition) is 8. The summed E-state index contributed by atoms with van der Waals surface area (Å²) in [6, 6.07) is 6.26. The molecule has 1 aromatic carbocycles. The van der Waals surface area contributed by atoms with Gasteiger partial charge in [0.15, 0.2) is 5.76 Å². The van der Waals surface area contributed by atoms with Gasteiger partial charge in [-0.05, 0) is 71.4 Å². The maximum atomic E-state index is 13.3. The molecule has 12 heteroatoms. The Morgan fingerprint density at radius 1 is 1.05 bits per heavy atom. The van der Waals surface area contributed by atoms with Gasteiger partial charge in [0.05, 0.1) is 13.2 Å². The zero-order valence-electron chi connectivity index (χ0n) is 25.4. The number of aromatic nitrogens is 1. The second kappa shape index (κ2) is 14.5. The number of fused-ring (bicyclic) bond motifs is 1. The van der Waals surface area contributed by atoms with Crippen LogP contribution in [0.1, 0.15) is 68.5 Å². The summed E-state index contributed by atoms with van der Waals surface area (Å²) in [5.41, 5.74) is 2.38. The zero-order chi connectivity index (χ0) is 30.3. The van der Waals surface area contributed by atoms with Crippen molar-refractivity contribution in [2.24, 2.45) is 0 Å². The van der Waals surface area contributed by atoms with Crippen LogP contribution in [0.2, 0.25) is 0 Å². The Bertz CT molecular complexity index is 1320. The zero-order valence-corrected chi connectivity index (χ0v) is 26.2. The number of benzene rings is 1. The lowest BCUT2D eigenvalue weighted by Crippen LogP contribution is -2.40. The van der Waals surface area contributed by atoms with Crippen LogP contribution in [-0.2, 0) is 32.6 Å². The molecule has 4 rings (SSSR count). The largest absolute Gasteiger partial charge is 0.493 e. The Morgan fingerprint density at radius 2 is 1.86 bits per heavy atom. The maximum absolute atomic E-state index is 13.3. The number of aryl methyl sites for hydroxylation is 3. The molecule has 0 bridgehead atoms. The number of nitrogens with one attached hydrogen (secondary N) is 1. The van der Waals surface area contributed by atoms with Crippen molar-refractivity contribution in [3.05, 3.63) is 40.8 Å². The highest BCUT2D eigenvalue weighted by atomic mass is 32.2. The Kier molecular flexibility index (Phi) is 11.0. The molecule has 0 radical (unpaired) electrons. The Morgan fingerprint density at radius 3 is 2.60 bits per heavy atom. The molecule has 11 nitrogen and oxygen atoms in total. The molecule has 1 aromatic heterocycles. The first-order valence-electron chi connectivity index (χ1n) is 15.0. The number of nitrogens with zero attached hydrogens (tertiary/aromatic N) is 4. The molecule has 1 fully saturated rings. The first-order valence-corrected chi connectivity index (χ1v) is 16.5. The van der Waals surface area contributed by atoms with Gasteiger partial charge in [0.25, 0.3) is 0 Å². The molecule has 232 valence electrons. The number of amides is 2. The molecule has 0 aliphatic carbocycles. The van der Waals surface area contributed by atoms with Crippen molar-refractivity contribution >= 4 is 21.8 Å². The molecule has 2 aliphatic rings. The molecular weight excluding hydrogens is 558 g/mol. The van der Waals surface area contributed by atoms with Gasteiger partial charge in [0.1, 0.15) is 16.3 Å². The topological polar surface area (TPSA) is 125 Å². The SMILES string of the molecule is Cc1noc(C)c1S(=O)(=O)N1CCCN(C(=O)CCc2ccc3c(c2)CN(C(C)C)CC(=O)NCCCCCO3)CC1. The summed E-state index contributed by atoms with van der Waals surface area (Å²) in [5.74, 6) is 1.14. The van der Waals surface area contributed by atoms with Crippen LogP contribution >= 0.6 is 0 Å². The molecule has 0 atom stereocenters. The highest BCUT2D eigenvalue weighted by Crippen LogP contribution is 2.26. The van der Waals surface area contributed by atoms with E-state index in [2.05, 4.69) is 35.3 Å². The molecule has 2 aliphatic heterocycles. The normalized spacial score (nSPS) is 18.7. The van der Waals surface area contributed by atoms with E-state index >= 15 is 0 Å². The highest BCUT2D eigenvalue weighted by molar-refractivity contribution is 7.89. The van der Waals surface area contributed by atoms with Crippen LogP contribution in [0, 0.1) is 13.8 Å². The van der Waals surface area contributed by atoms with Gasteiger partial charge >= 0.3 is 0 Å². The summed E-state index contributed by atoms with van der Waals surface area (Å²) in [6.45, 7) is 11.0. The fourth-order valence-corrected chi connectivity index (χ4v) is 7.27. The molecule has 0 unspecified atom stereocenters. The maximum Gasteiger partial charge on any atom is 0.248 e. The van der Waals surface area contributed by atoms with Gasteiger partial charge in [0.2, 0.25) is 21.8 Å². The third-order valence-corrected chi connectivity index (χ3v) is 10.1. The van der Waals surface area contributed by atoms with Crippen molar-refractivity contribution in [2.75, 3.05) is 45.9 Å². The third kappa shape index (κ3) is 8.11. The fourth-order valence-electron chi connectivity index (χ4n) is 5.51. The molecule has 2 aromatic rings. The third-order valence-electron chi connectivity index (χ3n) is 7.98. The van der Waals surface area contributed by atoms with Gasteiger partial charge in [-0.1, -0.05) is 17.3 Å². The minimum atomic E-state index is -3.75. The van der Waals surface area contributed by atoms with Gasteiger partial charge in [-0.2, -0.15) is 4.31 Å². The van der Waals surface area contributed by atoms with Crippen LogP contribution in [-0.4, -0.2) is 91.4 Å². The average Bonchev–Trinajstić information content (AvgIpc) is 3.12. The summed E-state index contributed by atoms with van der Waals surface area (Å²) in [4.78, 5) is 29.8. The van der Waals surface area contributed by atoms with Gasteiger partial charge in [-0.3, -0.25) is 14.5 Å². The lowest BCUT2D eigenvalue weighted by molar-refractivity contribution is -0.131. The van der Waals surface area contributed by atoms with Crippen molar-refractivity contribution in [3.63, 3.8) is 0 Å². The molecule has 3 heterocycles. The van der Waals surface area contributed by atoms with E-state index < -0.39 is 10.0 Å². The number of carbonyl (C=O) groups excluding carboxylic acids is 2. The summed E-state index contributed by atoms with van der Waals surface area (Å²) in [5, 5.41) is 6.82. The van der Waals surface area contributed by atoms with Crippen molar-refractivity contribution in [3.8, 4) is 5.75 Å². The predicted octanol–water partition coefficient (Wildman–Crippen LogP) is 3.04. The molecule has 0 spiro atoms. The van der Waals surface area contributed by atoms with Crippen LogP contribution in [0.5, 0.6) is 5.75 Å². The molecule has 2 amide bonds. The first kappa shape index (κ1) is 32.0. The Balaban J connectivity index is 1.40. The van der Waals surface area contributed by atoms with Crippen molar-refractivity contribution in [1.82, 2.24) is 24.6 Å². The first-order chi connectivity index (χ1) is 20.1. The Labute approximate surface area is 249 Å². The van der Waals surface area contributed by atoms with Crippen LogP contribution < -0.4 is 10.1 Å². The van der Waals surface area contributed by atoms with Crippen molar-refractivity contribution in [1.29, 1.82) is 0 Å². The average molecular weight is 604 g/mol. The van der Waals surface area contributed by atoms with Crippen molar-refractivity contribution in [2.45, 2.75) is 83.7 Å². The molecule has 0 saturated carbocycles. The minimum Gasteiger partial charge on any atom is -0.493 e. The van der Waals surface area contributed by atoms with E-state index in [0.29, 0.717) is 70.8 Å². The van der Waals surface area contributed by atoms with Crippen LogP contribution in [0.4, 0.5) is 0 Å². The van der Waals surface area contributed by atoms with E-state index in [-0.39, 0.29) is 35.1 Å². The lowest BCUT2D eigenvalue weighted by atomic mass is 10.0. The minimum absolute atomic E-state index is 0.00679. The van der Waals surface area contributed by atoms with Gasteiger partial charge in [-0.15, -0.1) is 0 Å². The summed E-state index contributed by atoms with van der Waals surface area (Å²) < 4.78 is 39.2. The van der Waals surface area contributed by atoms with E-state index in [1.54, 1.807) is 18.7 Å². The number of sulfonamides is 1. The van der Waals surface area contributed by atoms with E-state index in [0.717, 1.165) is 36.1 Å². The highest BCUT2D eigenvalue weighted by Gasteiger charge is 2.33. The summed E-state index contributed by atoms with van der Waals surface area (Å²) >= 11 is 0. The smallest absolute Gasteiger partial charge is 0.248 e. The second-order valence-electron chi connectivity index (χ2n) is 11.5. The van der Waals surface area contributed by atoms with Gasteiger partial charge < -0.3 is 19.5 Å².